The number of rotatable bonds is 5. The Balaban J connectivity index is 1.94. The monoisotopic (exact) mass is 284 g/mol. The van der Waals surface area contributed by atoms with Gasteiger partial charge in [0, 0.05) is 0 Å². The Kier molecular flexibility index (Phi) is 4.76. The quantitative estimate of drug-likeness (QED) is 0.425. The normalized spacial score (nSPS) is 10.5. The lowest BCUT2D eigenvalue weighted by Crippen LogP contribution is -2.81. The minimum Gasteiger partial charge on any atom is -0.508 e. The Morgan fingerprint density at radius 2 is 2.05 bits per heavy atom. The molecule has 0 bridgehead atoms. The van der Waals surface area contributed by atoms with Crippen LogP contribution < -0.4 is 10.5 Å². The first-order chi connectivity index (χ1) is 10.2. The van der Waals surface area contributed by atoms with Crippen LogP contribution in [-0.4, -0.2) is 17.2 Å². The van der Waals surface area contributed by atoms with Crippen LogP contribution in [0.4, 0.5) is 5.69 Å². The van der Waals surface area contributed by atoms with E-state index in [9.17, 15) is 14.8 Å². The number of aromatic hydroxyl groups is 1. The molecule has 0 saturated heterocycles. The predicted octanol–water partition coefficient (Wildman–Crippen LogP) is 0.563. The highest BCUT2D eigenvalue weighted by Gasteiger charge is 2.06. The number of phenolic OH excluding ortho intramolecular Hbond substituents is 1. The van der Waals surface area contributed by atoms with E-state index in [1.807, 2.05) is 0 Å². The largest absolute Gasteiger partial charge is 0.508 e. The molecule has 0 saturated carbocycles. The fraction of sp³-hybridized carbons (Fsp3) is 0.0667. The fourth-order valence-corrected chi connectivity index (χ4v) is 1.78. The molecule has 6 nitrogen and oxygen atoms in total. The van der Waals surface area contributed by atoms with Crippen LogP contribution in [0.25, 0.3) is 0 Å². The zero-order valence-electron chi connectivity index (χ0n) is 11.1. The van der Waals surface area contributed by atoms with Gasteiger partial charge in [-0.05, 0) is 35.0 Å². The molecule has 0 atom stereocenters. The van der Waals surface area contributed by atoms with E-state index in [4.69, 9.17) is 0 Å². The lowest BCUT2D eigenvalue weighted by Gasteiger charge is -1.98. The number of hydrazine groups is 1. The molecule has 0 heterocycles. The third-order valence-electron chi connectivity index (χ3n) is 2.75. The number of nitrogens with zero attached hydrogens (tertiary/aromatic N) is 1. The number of nitroso groups, excluding NO2 is 1. The third kappa shape index (κ3) is 4.24. The molecule has 2 aromatic carbocycles. The highest BCUT2D eigenvalue weighted by atomic mass is 16.3. The van der Waals surface area contributed by atoms with Crippen LogP contribution in [0.3, 0.4) is 0 Å². The predicted molar refractivity (Wildman–Crippen MR) is 78.0 cm³/mol. The summed E-state index contributed by atoms with van der Waals surface area (Å²) in [4.78, 5) is 22.3. The summed E-state index contributed by atoms with van der Waals surface area (Å²) < 4.78 is 0. The minimum absolute atomic E-state index is 0.116. The average Bonchev–Trinajstić information content (AvgIpc) is 2.47. The van der Waals surface area contributed by atoms with Crippen LogP contribution in [0.5, 0.6) is 5.75 Å². The smallest absolute Gasteiger partial charge is 0.278 e. The molecule has 21 heavy (non-hydrogen) atoms. The van der Waals surface area contributed by atoms with E-state index in [1.54, 1.807) is 36.4 Å². The molecule has 2 rings (SSSR count). The summed E-state index contributed by atoms with van der Waals surface area (Å²) in [7, 11) is 0. The summed E-state index contributed by atoms with van der Waals surface area (Å²) >= 11 is 0. The summed E-state index contributed by atoms with van der Waals surface area (Å²) in [6.07, 6.45) is 1.61. The molecule has 0 fully saturated rings. The van der Waals surface area contributed by atoms with Gasteiger partial charge in [0.25, 0.3) is 5.91 Å². The van der Waals surface area contributed by atoms with Crippen molar-refractivity contribution in [1.29, 1.82) is 0 Å². The highest BCUT2D eigenvalue weighted by Crippen LogP contribution is 2.14. The molecule has 2 aromatic rings. The van der Waals surface area contributed by atoms with Gasteiger partial charge in [-0.2, -0.15) is 0 Å². The Morgan fingerprint density at radius 3 is 2.81 bits per heavy atom. The lowest BCUT2D eigenvalue weighted by atomic mass is 10.1. The molecule has 1 amide bonds. The summed E-state index contributed by atoms with van der Waals surface area (Å²) in [6.45, 7) is 0. The molecule has 0 aliphatic carbocycles. The highest BCUT2D eigenvalue weighted by molar-refractivity contribution is 5.83. The van der Waals surface area contributed by atoms with Gasteiger partial charge in [-0.3, -0.25) is 4.79 Å². The second-order valence-corrected chi connectivity index (χ2v) is 4.33. The van der Waals surface area contributed by atoms with Crippen molar-refractivity contribution in [3.05, 3.63) is 64.6 Å². The molecule has 0 aromatic heterocycles. The van der Waals surface area contributed by atoms with E-state index in [2.05, 4.69) is 15.7 Å². The van der Waals surface area contributed by atoms with Crippen LogP contribution in [-0.2, 0) is 11.2 Å². The molecule has 0 aliphatic rings. The Bertz CT molecular complexity index is 683. The number of amides is 1. The topological polar surface area (TPSA) is 92.7 Å². The van der Waals surface area contributed by atoms with Gasteiger partial charge in [0.05, 0.1) is 12.0 Å². The fourth-order valence-electron chi connectivity index (χ4n) is 1.78. The molecular formula is C15H14N3O3+. The van der Waals surface area contributed by atoms with Crippen molar-refractivity contribution in [2.45, 2.75) is 6.42 Å². The first-order valence-corrected chi connectivity index (χ1v) is 6.27. The standard InChI is InChI=1S/C15H13N3O3/c19-13-6-3-4-11(8-13)9-15(20)17-16-10-12-5-1-2-7-14(12)18-21/h1-8,10,19H,9H2,(H,17,20)/p+1/b16-10+. The Hall–Kier alpha value is -3.02. The average molecular weight is 284 g/mol. The van der Waals surface area contributed by atoms with Gasteiger partial charge in [0.1, 0.15) is 11.4 Å². The number of hydrogen-bond acceptors (Lipinski definition) is 4. The third-order valence-corrected chi connectivity index (χ3v) is 2.75. The van der Waals surface area contributed by atoms with Gasteiger partial charge >= 0.3 is 0 Å². The number of carbonyl (C=O) groups is 1. The minimum atomic E-state index is -0.270. The van der Waals surface area contributed by atoms with E-state index in [0.717, 1.165) is 0 Å². The van der Waals surface area contributed by atoms with Crippen molar-refractivity contribution in [3.63, 3.8) is 0 Å². The maximum absolute atomic E-state index is 11.7. The number of carbonyl (C=O) groups excluding carboxylic acids is 1. The zero-order chi connectivity index (χ0) is 15.1. The number of hydrogen-bond donors (Lipinski definition) is 3. The molecule has 0 radical (unpaired) electrons. The first kappa shape index (κ1) is 14.4. The van der Waals surface area contributed by atoms with Crippen molar-refractivity contribution in [2.24, 2.45) is 5.18 Å². The summed E-state index contributed by atoms with van der Waals surface area (Å²) in [5.41, 5.74) is 4.04. The van der Waals surface area contributed by atoms with Gasteiger partial charge in [-0.1, -0.05) is 24.3 Å². The van der Waals surface area contributed by atoms with Crippen LogP contribution in [0.1, 0.15) is 11.1 Å². The van der Waals surface area contributed by atoms with Gasteiger partial charge in [0.15, 0.2) is 0 Å². The van der Waals surface area contributed by atoms with E-state index >= 15 is 0 Å². The van der Waals surface area contributed by atoms with Crippen molar-refractivity contribution >= 4 is 17.8 Å². The Labute approximate surface area is 121 Å². The molecule has 0 unspecified atom stereocenters. The maximum Gasteiger partial charge on any atom is 0.278 e. The van der Waals surface area contributed by atoms with Crippen LogP contribution in [0.2, 0.25) is 0 Å². The molecule has 6 heteroatoms. The SMILES string of the molecule is O=Nc1ccccc1/C=[NH+]/NC(=O)Cc1cccc(O)c1. The van der Waals surface area contributed by atoms with Crippen molar-refractivity contribution in [1.82, 2.24) is 5.43 Å². The molecule has 0 spiro atoms. The second kappa shape index (κ2) is 6.95. The molecule has 106 valence electrons. The summed E-state index contributed by atoms with van der Waals surface area (Å²) in [5, 5.41) is 14.8. The van der Waals surface area contributed by atoms with Gasteiger partial charge < -0.3 is 5.11 Å². The molecule has 0 aliphatic heterocycles. The lowest BCUT2D eigenvalue weighted by molar-refractivity contribution is -0.505. The zero-order valence-corrected chi connectivity index (χ0v) is 11.1. The number of hydrazone groups is 1. The van der Waals surface area contributed by atoms with E-state index < -0.39 is 0 Å². The summed E-state index contributed by atoms with van der Waals surface area (Å²) in [6, 6.07) is 13.2. The molecule has 3 N–H and O–H groups in total. The molecular weight excluding hydrogens is 270 g/mol. The number of benzene rings is 2. The van der Waals surface area contributed by atoms with Crippen LogP contribution in [0, 0.1) is 4.91 Å². The van der Waals surface area contributed by atoms with Crippen molar-refractivity contribution < 1.29 is 15.0 Å². The van der Waals surface area contributed by atoms with Gasteiger partial charge in [-0.25, -0.2) is 0 Å². The van der Waals surface area contributed by atoms with Crippen LogP contribution in [0.15, 0.2) is 53.7 Å². The Morgan fingerprint density at radius 1 is 1.24 bits per heavy atom. The number of nitrogens with one attached hydrogen (secondary N) is 2. The number of phenols is 1. The van der Waals surface area contributed by atoms with Crippen LogP contribution >= 0.6 is 0 Å². The second-order valence-electron chi connectivity index (χ2n) is 4.33. The first-order valence-electron chi connectivity index (χ1n) is 6.27. The summed E-state index contributed by atoms with van der Waals surface area (Å²) in [5.74, 6) is -0.154. The van der Waals surface area contributed by atoms with Gasteiger partial charge in [0.2, 0.25) is 6.21 Å². The van der Waals surface area contributed by atoms with Crippen molar-refractivity contribution in [3.8, 4) is 5.75 Å². The van der Waals surface area contributed by atoms with Gasteiger partial charge in [-0.15, -0.1) is 15.4 Å². The van der Waals surface area contributed by atoms with E-state index in [0.29, 0.717) is 11.1 Å². The van der Waals surface area contributed by atoms with Crippen molar-refractivity contribution in [2.75, 3.05) is 0 Å². The maximum atomic E-state index is 11.7. The van der Waals surface area contributed by atoms with E-state index in [-0.39, 0.29) is 23.8 Å². The van der Waals surface area contributed by atoms with E-state index in [1.165, 1.54) is 18.3 Å².